The van der Waals surface area contributed by atoms with E-state index in [2.05, 4.69) is 26.1 Å². The minimum Gasteiger partial charge on any atom is -0.453 e. The summed E-state index contributed by atoms with van der Waals surface area (Å²) in [7, 11) is 1.95. The van der Waals surface area contributed by atoms with E-state index in [1.807, 2.05) is 19.2 Å². The molecule has 5 heteroatoms. The molecule has 90 valence electrons. The Balaban J connectivity index is 1.85. The summed E-state index contributed by atoms with van der Waals surface area (Å²) < 4.78 is 11.9. The Hall–Kier alpha value is -0.360. The van der Waals surface area contributed by atoms with Gasteiger partial charge in [0.15, 0.2) is 4.67 Å². The molecule has 1 aromatic heterocycles. The van der Waals surface area contributed by atoms with E-state index >= 15 is 0 Å². The third-order valence-electron chi connectivity index (χ3n) is 2.66. The fraction of sp³-hybridized carbons (Fsp3) is 0.636. The van der Waals surface area contributed by atoms with Crippen LogP contribution in [0.2, 0.25) is 0 Å². The summed E-state index contributed by atoms with van der Waals surface area (Å²) in [6.45, 7) is 4.49. The number of likely N-dealkylation sites (N-methyl/N-ethyl adjacent to an activating group) is 1. The smallest absolute Gasteiger partial charge is 0.169 e. The van der Waals surface area contributed by atoms with Crippen LogP contribution in [0.5, 0.6) is 0 Å². The Kier molecular flexibility index (Phi) is 4.40. The van der Waals surface area contributed by atoms with Gasteiger partial charge in [0.2, 0.25) is 0 Å². The number of nitrogens with zero attached hydrogens (tertiary/aromatic N) is 1. The lowest BCUT2D eigenvalue weighted by molar-refractivity contribution is -0.0309. The molecule has 1 atom stereocenters. The molecule has 0 saturated carbocycles. The fourth-order valence-corrected chi connectivity index (χ4v) is 2.27. The van der Waals surface area contributed by atoms with Gasteiger partial charge in [0.1, 0.15) is 5.76 Å². The first-order valence-electron chi connectivity index (χ1n) is 5.50. The van der Waals surface area contributed by atoms with Crippen LogP contribution in [-0.4, -0.2) is 44.3 Å². The van der Waals surface area contributed by atoms with Gasteiger partial charge in [0.05, 0.1) is 19.3 Å². The zero-order valence-electron chi connectivity index (χ0n) is 9.41. The number of nitrogens with one attached hydrogen (secondary N) is 1. The highest BCUT2D eigenvalue weighted by molar-refractivity contribution is 9.10. The molecular formula is C11H17BrN2O2. The average Bonchev–Trinajstić information content (AvgIpc) is 2.65. The molecule has 4 nitrogen and oxygen atoms in total. The molecule has 1 saturated heterocycles. The van der Waals surface area contributed by atoms with Crippen molar-refractivity contribution in [1.29, 1.82) is 0 Å². The molecule has 0 amide bonds. The van der Waals surface area contributed by atoms with Crippen molar-refractivity contribution in [2.24, 2.45) is 0 Å². The van der Waals surface area contributed by atoms with Gasteiger partial charge in [-0.3, -0.25) is 4.90 Å². The lowest BCUT2D eigenvalue weighted by atomic mass is 10.2. The number of morpholine rings is 1. The standard InChI is InChI=1S/C11H17BrN2O2/c1-13-6-10-8-14(4-5-15-10)7-9-2-3-11(12)16-9/h2-3,10,13H,4-8H2,1H3. The summed E-state index contributed by atoms with van der Waals surface area (Å²) in [6, 6.07) is 3.94. The van der Waals surface area contributed by atoms with Crippen LogP contribution < -0.4 is 5.32 Å². The van der Waals surface area contributed by atoms with E-state index in [4.69, 9.17) is 9.15 Å². The maximum Gasteiger partial charge on any atom is 0.169 e. The predicted molar refractivity (Wildman–Crippen MR) is 65.4 cm³/mol. The molecule has 0 aliphatic carbocycles. The van der Waals surface area contributed by atoms with E-state index in [1.54, 1.807) is 0 Å². The van der Waals surface area contributed by atoms with E-state index in [0.717, 1.165) is 43.2 Å². The molecule has 1 unspecified atom stereocenters. The van der Waals surface area contributed by atoms with E-state index in [0.29, 0.717) is 0 Å². The third-order valence-corrected chi connectivity index (χ3v) is 3.09. The zero-order valence-corrected chi connectivity index (χ0v) is 11.0. The Morgan fingerprint density at radius 2 is 2.44 bits per heavy atom. The first kappa shape index (κ1) is 12.1. The van der Waals surface area contributed by atoms with Gasteiger partial charge >= 0.3 is 0 Å². The second kappa shape index (κ2) is 5.82. The SMILES string of the molecule is CNCC1CN(Cc2ccc(Br)o2)CCO1. The highest BCUT2D eigenvalue weighted by Crippen LogP contribution is 2.17. The second-order valence-electron chi connectivity index (χ2n) is 3.99. The van der Waals surface area contributed by atoms with Gasteiger partial charge in [0.25, 0.3) is 0 Å². The minimum atomic E-state index is 0.289. The van der Waals surface area contributed by atoms with Gasteiger partial charge in [-0.05, 0) is 35.1 Å². The maximum absolute atomic E-state index is 5.65. The molecule has 1 N–H and O–H groups in total. The van der Waals surface area contributed by atoms with Crippen molar-refractivity contribution < 1.29 is 9.15 Å². The Labute approximate surface area is 104 Å². The lowest BCUT2D eigenvalue weighted by Gasteiger charge is -2.32. The monoisotopic (exact) mass is 288 g/mol. The first-order chi connectivity index (χ1) is 7.78. The predicted octanol–water partition coefficient (Wildman–Crippen LogP) is 1.46. The van der Waals surface area contributed by atoms with Crippen molar-refractivity contribution in [2.45, 2.75) is 12.6 Å². The van der Waals surface area contributed by atoms with Crippen LogP contribution in [0.1, 0.15) is 5.76 Å². The van der Waals surface area contributed by atoms with Gasteiger partial charge in [-0.15, -0.1) is 0 Å². The van der Waals surface area contributed by atoms with Gasteiger partial charge in [-0.25, -0.2) is 0 Å². The zero-order chi connectivity index (χ0) is 11.4. The molecule has 1 fully saturated rings. The highest BCUT2D eigenvalue weighted by atomic mass is 79.9. The van der Waals surface area contributed by atoms with Crippen LogP contribution in [0.15, 0.2) is 21.2 Å². The fourth-order valence-electron chi connectivity index (χ4n) is 1.93. The van der Waals surface area contributed by atoms with Crippen molar-refractivity contribution in [3.05, 3.63) is 22.6 Å². The summed E-state index contributed by atoms with van der Waals surface area (Å²) in [4.78, 5) is 2.36. The van der Waals surface area contributed by atoms with Crippen LogP contribution >= 0.6 is 15.9 Å². The lowest BCUT2D eigenvalue weighted by Crippen LogP contribution is -2.45. The summed E-state index contributed by atoms with van der Waals surface area (Å²) >= 11 is 3.31. The van der Waals surface area contributed by atoms with Crippen LogP contribution in [0.3, 0.4) is 0 Å². The summed E-state index contributed by atoms with van der Waals surface area (Å²) in [5.41, 5.74) is 0. The molecule has 1 aromatic rings. The maximum atomic E-state index is 5.65. The number of ether oxygens (including phenoxy) is 1. The summed E-state index contributed by atoms with van der Waals surface area (Å²) in [5.74, 6) is 0.997. The van der Waals surface area contributed by atoms with Crippen LogP contribution in [0.4, 0.5) is 0 Å². The van der Waals surface area contributed by atoms with Crippen molar-refractivity contribution >= 4 is 15.9 Å². The number of hydrogen-bond donors (Lipinski definition) is 1. The third kappa shape index (κ3) is 3.31. The normalized spacial score (nSPS) is 22.5. The van der Waals surface area contributed by atoms with Crippen molar-refractivity contribution in [1.82, 2.24) is 10.2 Å². The van der Waals surface area contributed by atoms with Crippen LogP contribution in [-0.2, 0) is 11.3 Å². The van der Waals surface area contributed by atoms with Crippen molar-refractivity contribution in [3.63, 3.8) is 0 Å². The number of hydrogen-bond acceptors (Lipinski definition) is 4. The molecule has 0 aromatic carbocycles. The van der Waals surface area contributed by atoms with E-state index in [9.17, 15) is 0 Å². The Morgan fingerprint density at radius 3 is 3.12 bits per heavy atom. The number of furan rings is 1. The first-order valence-corrected chi connectivity index (χ1v) is 6.30. The molecule has 16 heavy (non-hydrogen) atoms. The van der Waals surface area contributed by atoms with Gasteiger partial charge in [-0.1, -0.05) is 0 Å². The van der Waals surface area contributed by atoms with Crippen molar-refractivity contribution in [3.8, 4) is 0 Å². The van der Waals surface area contributed by atoms with Gasteiger partial charge in [-0.2, -0.15) is 0 Å². The molecule has 2 rings (SSSR count). The van der Waals surface area contributed by atoms with Crippen molar-refractivity contribution in [2.75, 3.05) is 33.3 Å². The van der Waals surface area contributed by atoms with E-state index in [1.165, 1.54) is 0 Å². The quantitative estimate of drug-likeness (QED) is 0.910. The minimum absolute atomic E-state index is 0.289. The van der Waals surface area contributed by atoms with Crippen LogP contribution in [0, 0.1) is 0 Å². The van der Waals surface area contributed by atoms with Crippen LogP contribution in [0.25, 0.3) is 0 Å². The molecule has 0 radical (unpaired) electrons. The molecule has 2 heterocycles. The van der Waals surface area contributed by atoms with Gasteiger partial charge < -0.3 is 14.5 Å². The van der Waals surface area contributed by atoms with Gasteiger partial charge in [0, 0.05) is 19.6 Å². The number of rotatable bonds is 4. The molecule has 1 aliphatic rings. The largest absolute Gasteiger partial charge is 0.453 e. The summed E-state index contributed by atoms with van der Waals surface area (Å²) in [5, 5.41) is 3.14. The Bertz CT molecular complexity index is 328. The average molecular weight is 289 g/mol. The van der Waals surface area contributed by atoms with E-state index in [-0.39, 0.29) is 6.10 Å². The highest BCUT2D eigenvalue weighted by Gasteiger charge is 2.20. The Morgan fingerprint density at radius 1 is 1.56 bits per heavy atom. The molecule has 0 bridgehead atoms. The number of halogens is 1. The summed E-state index contributed by atoms with van der Waals surface area (Å²) in [6.07, 6.45) is 0.289. The molecule has 1 aliphatic heterocycles. The van der Waals surface area contributed by atoms with E-state index < -0.39 is 0 Å². The topological polar surface area (TPSA) is 37.6 Å². The molecular weight excluding hydrogens is 272 g/mol. The second-order valence-corrected chi connectivity index (χ2v) is 4.77. The molecule has 0 spiro atoms.